The molecule has 0 spiro atoms. The van der Waals surface area contributed by atoms with Crippen LogP contribution in [0.3, 0.4) is 0 Å². The van der Waals surface area contributed by atoms with Gasteiger partial charge < -0.3 is 9.64 Å². The first-order chi connectivity index (χ1) is 11.2. The van der Waals surface area contributed by atoms with E-state index in [9.17, 15) is 4.79 Å². The summed E-state index contributed by atoms with van der Waals surface area (Å²) in [6.07, 6.45) is 4.90. The number of pyridine rings is 1. The lowest BCUT2D eigenvalue weighted by Crippen LogP contribution is -2.32. The number of aromatic nitrogens is 1. The second-order valence-electron chi connectivity index (χ2n) is 6.79. The lowest BCUT2D eigenvalue weighted by molar-refractivity contribution is -0.131. The van der Waals surface area contributed by atoms with E-state index in [4.69, 9.17) is 4.74 Å². The van der Waals surface area contributed by atoms with Gasteiger partial charge in [0.2, 0.25) is 5.91 Å². The summed E-state index contributed by atoms with van der Waals surface area (Å²) in [6.45, 7) is 6.58. The van der Waals surface area contributed by atoms with E-state index in [1.807, 2.05) is 17.2 Å². The van der Waals surface area contributed by atoms with Crippen LogP contribution < -0.4 is 0 Å². The van der Waals surface area contributed by atoms with Gasteiger partial charge in [-0.15, -0.1) is 0 Å². The smallest absolute Gasteiger partial charge is 0.222 e. The summed E-state index contributed by atoms with van der Waals surface area (Å²) in [5.74, 6) is 0.586. The van der Waals surface area contributed by atoms with Crippen LogP contribution in [-0.4, -0.2) is 60.1 Å². The molecule has 0 saturated carbocycles. The third-order valence-corrected chi connectivity index (χ3v) is 5.15. The van der Waals surface area contributed by atoms with E-state index in [-0.39, 0.29) is 12.0 Å². The largest absolute Gasteiger partial charge is 0.380 e. The van der Waals surface area contributed by atoms with Crippen molar-refractivity contribution in [2.24, 2.45) is 5.92 Å². The van der Waals surface area contributed by atoms with E-state index in [1.165, 1.54) is 5.56 Å². The molecule has 126 valence electrons. The molecule has 3 heterocycles. The summed E-state index contributed by atoms with van der Waals surface area (Å²) >= 11 is 0. The zero-order chi connectivity index (χ0) is 16.2. The van der Waals surface area contributed by atoms with Gasteiger partial charge in [0, 0.05) is 58.4 Å². The van der Waals surface area contributed by atoms with Gasteiger partial charge in [-0.25, -0.2) is 0 Å². The maximum absolute atomic E-state index is 12.4. The number of amides is 1. The molecule has 0 radical (unpaired) electrons. The maximum Gasteiger partial charge on any atom is 0.222 e. The van der Waals surface area contributed by atoms with E-state index in [2.05, 4.69) is 22.9 Å². The summed E-state index contributed by atoms with van der Waals surface area (Å²) in [5.41, 5.74) is 2.34. The second kappa shape index (κ2) is 7.41. The number of carbonyl (C=O) groups is 1. The Morgan fingerprint density at radius 2 is 2.13 bits per heavy atom. The van der Waals surface area contributed by atoms with Gasteiger partial charge in [-0.1, -0.05) is 6.07 Å². The van der Waals surface area contributed by atoms with Crippen molar-refractivity contribution in [1.29, 1.82) is 0 Å². The molecule has 0 aliphatic carbocycles. The highest BCUT2D eigenvalue weighted by Crippen LogP contribution is 2.26. The third-order valence-electron chi connectivity index (χ3n) is 5.15. The van der Waals surface area contributed by atoms with Crippen molar-refractivity contribution in [3.63, 3.8) is 0 Å². The number of carbonyl (C=O) groups excluding carboxylic acids is 1. The molecule has 2 fully saturated rings. The fourth-order valence-corrected chi connectivity index (χ4v) is 3.74. The van der Waals surface area contributed by atoms with E-state index in [0.717, 1.165) is 51.3 Å². The molecule has 2 aliphatic rings. The van der Waals surface area contributed by atoms with Gasteiger partial charge in [-0.3, -0.25) is 14.7 Å². The minimum Gasteiger partial charge on any atom is -0.380 e. The fraction of sp³-hybridized carbons (Fsp3) is 0.667. The maximum atomic E-state index is 12.4. The predicted molar refractivity (Wildman–Crippen MR) is 89.0 cm³/mol. The van der Waals surface area contributed by atoms with Crippen LogP contribution in [0.2, 0.25) is 0 Å². The molecule has 5 heteroatoms. The van der Waals surface area contributed by atoms with Crippen LogP contribution in [0.5, 0.6) is 0 Å². The van der Waals surface area contributed by atoms with Crippen molar-refractivity contribution in [1.82, 2.24) is 14.8 Å². The number of hydrogen-bond acceptors (Lipinski definition) is 4. The van der Waals surface area contributed by atoms with Crippen molar-refractivity contribution in [2.75, 3.05) is 33.3 Å². The Balaban J connectivity index is 1.59. The van der Waals surface area contributed by atoms with Crippen LogP contribution in [-0.2, 0) is 16.1 Å². The molecule has 0 aromatic carbocycles. The van der Waals surface area contributed by atoms with E-state index >= 15 is 0 Å². The lowest BCUT2D eigenvalue weighted by Gasteiger charge is -2.21. The Bertz CT molecular complexity index is 543. The molecule has 0 N–H and O–H groups in total. The lowest BCUT2D eigenvalue weighted by atomic mass is 10.0. The van der Waals surface area contributed by atoms with Crippen molar-refractivity contribution < 1.29 is 9.53 Å². The molecular weight excluding hydrogens is 290 g/mol. The van der Waals surface area contributed by atoms with Crippen LogP contribution in [0, 0.1) is 12.8 Å². The van der Waals surface area contributed by atoms with Crippen LogP contribution in [0.25, 0.3) is 0 Å². The second-order valence-corrected chi connectivity index (χ2v) is 6.79. The van der Waals surface area contributed by atoms with Crippen molar-refractivity contribution in [3.05, 3.63) is 29.6 Å². The number of ether oxygens (including phenoxy) is 1. The van der Waals surface area contributed by atoms with Crippen LogP contribution in [0.15, 0.2) is 18.3 Å². The van der Waals surface area contributed by atoms with E-state index in [1.54, 1.807) is 7.11 Å². The van der Waals surface area contributed by atoms with Gasteiger partial charge in [-0.05, 0) is 31.4 Å². The normalized spacial score (nSPS) is 25.2. The third kappa shape index (κ3) is 3.90. The monoisotopic (exact) mass is 317 g/mol. The van der Waals surface area contributed by atoms with Gasteiger partial charge in [0.1, 0.15) is 0 Å². The van der Waals surface area contributed by atoms with Crippen LogP contribution >= 0.6 is 0 Å². The summed E-state index contributed by atoms with van der Waals surface area (Å²) in [6, 6.07) is 4.07. The Labute approximate surface area is 138 Å². The number of likely N-dealkylation sites (tertiary alicyclic amines) is 2. The Hall–Kier alpha value is -1.46. The number of rotatable bonds is 5. The summed E-state index contributed by atoms with van der Waals surface area (Å²) < 4.78 is 5.65. The first-order valence-corrected chi connectivity index (χ1v) is 8.61. The quantitative estimate of drug-likeness (QED) is 0.831. The molecule has 23 heavy (non-hydrogen) atoms. The zero-order valence-electron chi connectivity index (χ0n) is 14.2. The summed E-state index contributed by atoms with van der Waals surface area (Å²) in [7, 11) is 1.76. The number of aryl methyl sites for hydroxylation is 1. The molecule has 2 atom stereocenters. The standard InChI is InChI=1S/C18H27N3O2/c1-14-6-5-7-19-16(14)12-20-11-15(17(13-20)23-2)10-18(22)21-8-3-4-9-21/h5-7,15,17H,3-4,8-13H2,1-2H3/t15-,17-/m0/s1. The number of methoxy groups -OCH3 is 1. The molecule has 0 unspecified atom stereocenters. The Morgan fingerprint density at radius 1 is 1.35 bits per heavy atom. The average molecular weight is 317 g/mol. The molecule has 2 aliphatic heterocycles. The summed E-state index contributed by atoms with van der Waals surface area (Å²) in [5, 5.41) is 0. The molecule has 3 rings (SSSR count). The Morgan fingerprint density at radius 3 is 2.83 bits per heavy atom. The first kappa shape index (κ1) is 16.4. The number of hydrogen-bond donors (Lipinski definition) is 0. The Kier molecular flexibility index (Phi) is 5.28. The first-order valence-electron chi connectivity index (χ1n) is 8.61. The molecule has 1 aromatic heterocycles. The highest BCUT2D eigenvalue weighted by atomic mass is 16.5. The van der Waals surface area contributed by atoms with Gasteiger partial charge in [0.15, 0.2) is 0 Å². The van der Waals surface area contributed by atoms with Crippen LogP contribution in [0.4, 0.5) is 0 Å². The van der Waals surface area contributed by atoms with Crippen LogP contribution in [0.1, 0.15) is 30.5 Å². The SMILES string of the molecule is CO[C@H]1CN(Cc2ncccc2C)C[C@@H]1CC(=O)N1CCCC1. The molecule has 1 aromatic rings. The predicted octanol–water partition coefficient (Wildman–Crippen LogP) is 1.85. The van der Waals surface area contributed by atoms with Gasteiger partial charge in [0.25, 0.3) is 0 Å². The van der Waals surface area contributed by atoms with Crippen molar-refractivity contribution in [2.45, 2.75) is 38.8 Å². The molecule has 5 nitrogen and oxygen atoms in total. The van der Waals surface area contributed by atoms with E-state index in [0.29, 0.717) is 12.3 Å². The molecular formula is C18H27N3O2. The fourth-order valence-electron chi connectivity index (χ4n) is 3.74. The minimum absolute atomic E-state index is 0.144. The van der Waals surface area contributed by atoms with E-state index < -0.39 is 0 Å². The zero-order valence-corrected chi connectivity index (χ0v) is 14.2. The highest BCUT2D eigenvalue weighted by molar-refractivity contribution is 5.76. The van der Waals surface area contributed by atoms with Gasteiger partial charge in [-0.2, -0.15) is 0 Å². The average Bonchev–Trinajstić information content (AvgIpc) is 3.19. The topological polar surface area (TPSA) is 45.7 Å². The van der Waals surface area contributed by atoms with Crippen molar-refractivity contribution >= 4 is 5.91 Å². The molecule has 0 bridgehead atoms. The summed E-state index contributed by atoms with van der Waals surface area (Å²) in [4.78, 5) is 21.3. The highest BCUT2D eigenvalue weighted by Gasteiger charge is 2.35. The number of nitrogens with zero attached hydrogens (tertiary/aromatic N) is 3. The van der Waals surface area contributed by atoms with Gasteiger partial charge >= 0.3 is 0 Å². The van der Waals surface area contributed by atoms with Gasteiger partial charge in [0.05, 0.1) is 11.8 Å². The molecule has 1 amide bonds. The minimum atomic E-state index is 0.144. The molecule has 2 saturated heterocycles. The van der Waals surface area contributed by atoms with Crippen molar-refractivity contribution in [3.8, 4) is 0 Å².